The van der Waals surface area contributed by atoms with Crippen LogP contribution in [-0.2, 0) is 16.2 Å². The van der Waals surface area contributed by atoms with E-state index in [1.54, 1.807) is 0 Å². The van der Waals surface area contributed by atoms with E-state index in [1.807, 2.05) is 0 Å². The van der Waals surface area contributed by atoms with Crippen LogP contribution in [0.25, 0.3) is 0 Å². The standard InChI is InChI=1S/C34H52O3/c1-13-32(7,8)25-19-23(5)30(36-16-4)27(20-25)24(6)28-21-26(33(9,10)14-2)22-29(34(11,12)15-3)31(28)37-18-17-35/h4,19-22,24,35H,13-18H2,1-3,5-12H3. The lowest BCUT2D eigenvalue weighted by molar-refractivity contribution is 0.197. The van der Waals surface area contributed by atoms with Gasteiger partial charge in [0.15, 0.2) is 0 Å². The van der Waals surface area contributed by atoms with E-state index in [0.29, 0.717) is 0 Å². The van der Waals surface area contributed by atoms with Crippen molar-refractivity contribution in [1.82, 2.24) is 0 Å². The van der Waals surface area contributed by atoms with Crippen molar-refractivity contribution in [2.75, 3.05) is 19.8 Å². The number of ether oxygens (including phenoxy) is 2. The van der Waals surface area contributed by atoms with Gasteiger partial charge in [-0.25, -0.2) is 0 Å². The van der Waals surface area contributed by atoms with Gasteiger partial charge >= 0.3 is 0 Å². The molecule has 0 fully saturated rings. The summed E-state index contributed by atoms with van der Waals surface area (Å²) in [5.74, 6) is 1.75. The summed E-state index contributed by atoms with van der Waals surface area (Å²) in [4.78, 5) is 0. The van der Waals surface area contributed by atoms with Crippen LogP contribution in [0.5, 0.6) is 11.5 Å². The molecule has 0 saturated heterocycles. The van der Waals surface area contributed by atoms with Gasteiger partial charge in [0.25, 0.3) is 0 Å². The van der Waals surface area contributed by atoms with Crippen LogP contribution in [0.4, 0.5) is 0 Å². The molecule has 2 aromatic carbocycles. The second-order valence-corrected chi connectivity index (χ2v) is 12.5. The second-order valence-electron chi connectivity index (χ2n) is 12.5. The van der Waals surface area contributed by atoms with Crippen LogP contribution in [0.1, 0.15) is 128 Å². The normalized spacial score (nSPS) is 13.5. The first kappa shape index (κ1) is 31.2. The summed E-state index contributed by atoms with van der Waals surface area (Å²) >= 11 is 0. The Labute approximate surface area is 228 Å². The molecule has 0 spiro atoms. The zero-order chi connectivity index (χ0) is 28.2. The first-order valence-electron chi connectivity index (χ1n) is 14.1. The first-order valence-corrected chi connectivity index (χ1v) is 14.1. The predicted octanol–water partition coefficient (Wildman–Crippen LogP) is 8.67. The molecule has 206 valence electrons. The molecule has 37 heavy (non-hydrogen) atoms. The van der Waals surface area contributed by atoms with Crippen LogP contribution >= 0.6 is 0 Å². The van der Waals surface area contributed by atoms with Gasteiger partial charge in [-0.1, -0.05) is 93.5 Å². The van der Waals surface area contributed by atoms with Gasteiger partial charge in [0.05, 0.1) is 13.2 Å². The summed E-state index contributed by atoms with van der Waals surface area (Å²) in [5, 5.41) is 9.69. The summed E-state index contributed by atoms with van der Waals surface area (Å²) in [6.07, 6.45) is 3.05. The lowest BCUT2D eigenvalue weighted by Crippen LogP contribution is -2.23. The molecule has 0 amide bonds. The van der Waals surface area contributed by atoms with Crippen molar-refractivity contribution in [2.45, 2.75) is 118 Å². The minimum absolute atomic E-state index is 0.000520. The van der Waals surface area contributed by atoms with E-state index < -0.39 is 0 Å². The number of aliphatic hydroxyl groups excluding tert-OH is 1. The summed E-state index contributed by atoms with van der Waals surface area (Å²) in [6.45, 7) is 31.1. The van der Waals surface area contributed by atoms with Gasteiger partial charge < -0.3 is 14.6 Å². The Morgan fingerprint density at radius 3 is 1.70 bits per heavy atom. The van der Waals surface area contributed by atoms with Gasteiger partial charge in [0.1, 0.15) is 18.1 Å². The van der Waals surface area contributed by atoms with E-state index in [-0.39, 0.29) is 42.0 Å². The van der Waals surface area contributed by atoms with Crippen LogP contribution in [0.2, 0.25) is 0 Å². The minimum atomic E-state index is -0.0857. The van der Waals surface area contributed by atoms with Crippen molar-refractivity contribution >= 4 is 0 Å². The van der Waals surface area contributed by atoms with Crippen molar-refractivity contribution in [2.24, 2.45) is 0 Å². The van der Waals surface area contributed by atoms with Crippen molar-refractivity contribution < 1.29 is 14.6 Å². The quantitative estimate of drug-likeness (QED) is 0.294. The SMILES string of the molecule is [CH]COc1c(C)cc(C(C)(C)CC)cc1C(C)c1cc(C(C)(C)CC)cc(C(C)(C)CC)c1OCCO. The molecule has 1 N–H and O–H groups in total. The van der Waals surface area contributed by atoms with Crippen molar-refractivity contribution in [3.63, 3.8) is 0 Å². The molecule has 0 saturated carbocycles. The Bertz CT molecular complexity index is 1050. The van der Waals surface area contributed by atoms with E-state index in [4.69, 9.17) is 16.4 Å². The molecule has 0 aromatic heterocycles. The van der Waals surface area contributed by atoms with Crippen LogP contribution in [0, 0.1) is 13.8 Å². The third kappa shape index (κ3) is 6.72. The molecule has 3 nitrogen and oxygen atoms in total. The van der Waals surface area contributed by atoms with Gasteiger partial charge in [0, 0.05) is 29.5 Å². The number of aliphatic hydroxyl groups is 1. The van der Waals surface area contributed by atoms with Crippen molar-refractivity contribution in [3.05, 3.63) is 64.6 Å². The van der Waals surface area contributed by atoms with E-state index >= 15 is 0 Å². The molecule has 0 aliphatic heterocycles. The zero-order valence-electron chi connectivity index (χ0n) is 25.5. The molecular formula is C34H52O3. The molecule has 2 aromatic rings. The molecular weight excluding hydrogens is 456 g/mol. The zero-order valence-corrected chi connectivity index (χ0v) is 25.5. The highest BCUT2D eigenvalue weighted by atomic mass is 16.5. The number of rotatable bonds is 13. The summed E-state index contributed by atoms with van der Waals surface area (Å²) in [5.41, 5.74) is 7.15. The Morgan fingerprint density at radius 2 is 1.24 bits per heavy atom. The highest BCUT2D eigenvalue weighted by Gasteiger charge is 2.32. The van der Waals surface area contributed by atoms with Gasteiger partial charge in [-0.3, -0.25) is 0 Å². The van der Waals surface area contributed by atoms with Crippen molar-refractivity contribution in [1.29, 1.82) is 0 Å². The van der Waals surface area contributed by atoms with Crippen LogP contribution in [0.3, 0.4) is 0 Å². The number of aryl methyl sites for hydroxylation is 1. The molecule has 2 radical (unpaired) electrons. The number of hydrogen-bond donors (Lipinski definition) is 1. The van der Waals surface area contributed by atoms with Gasteiger partial charge in [-0.2, -0.15) is 0 Å². The molecule has 2 rings (SSSR count). The monoisotopic (exact) mass is 508 g/mol. The third-order valence-electron chi connectivity index (χ3n) is 8.86. The molecule has 1 atom stereocenters. The summed E-state index contributed by atoms with van der Waals surface area (Å²) < 4.78 is 12.4. The Balaban J connectivity index is 2.98. The maximum Gasteiger partial charge on any atom is 0.126 e. The number of hydrogen-bond acceptors (Lipinski definition) is 3. The summed E-state index contributed by atoms with van der Waals surface area (Å²) in [6, 6.07) is 9.23. The second kappa shape index (κ2) is 12.2. The van der Waals surface area contributed by atoms with Gasteiger partial charge in [-0.05, 0) is 59.1 Å². The molecule has 0 heterocycles. The minimum Gasteiger partial charge on any atom is -0.493 e. The molecule has 1 unspecified atom stereocenters. The fourth-order valence-electron chi connectivity index (χ4n) is 4.74. The van der Waals surface area contributed by atoms with Crippen LogP contribution < -0.4 is 9.47 Å². The molecule has 3 heteroatoms. The predicted molar refractivity (Wildman–Crippen MR) is 157 cm³/mol. The maximum absolute atomic E-state index is 9.69. The van der Waals surface area contributed by atoms with Gasteiger partial charge in [0.2, 0.25) is 0 Å². The topological polar surface area (TPSA) is 38.7 Å². The smallest absolute Gasteiger partial charge is 0.126 e. The van der Waals surface area contributed by atoms with Crippen LogP contribution in [-0.4, -0.2) is 24.9 Å². The lowest BCUT2D eigenvalue weighted by atomic mass is 9.73. The fourth-order valence-corrected chi connectivity index (χ4v) is 4.74. The Morgan fingerprint density at radius 1 is 0.757 bits per heavy atom. The molecule has 0 aliphatic carbocycles. The first-order chi connectivity index (χ1) is 17.2. The van der Waals surface area contributed by atoms with E-state index in [9.17, 15) is 5.11 Å². The van der Waals surface area contributed by atoms with Gasteiger partial charge in [-0.15, -0.1) is 0 Å². The third-order valence-corrected chi connectivity index (χ3v) is 8.86. The highest BCUT2D eigenvalue weighted by molar-refractivity contribution is 5.57. The number of benzene rings is 2. The average Bonchev–Trinajstić information content (AvgIpc) is 2.87. The largest absolute Gasteiger partial charge is 0.493 e. The maximum atomic E-state index is 9.69. The fraction of sp³-hybridized carbons (Fsp3) is 0.618. The Kier molecular flexibility index (Phi) is 10.3. The van der Waals surface area contributed by atoms with Crippen LogP contribution in [0.15, 0.2) is 24.3 Å². The van der Waals surface area contributed by atoms with Crippen molar-refractivity contribution in [3.8, 4) is 11.5 Å². The molecule has 0 aliphatic rings. The lowest BCUT2D eigenvalue weighted by Gasteiger charge is -2.34. The molecule has 0 bridgehead atoms. The summed E-state index contributed by atoms with van der Waals surface area (Å²) in [7, 11) is 0. The van der Waals surface area contributed by atoms with E-state index in [2.05, 4.69) is 100 Å². The average molecular weight is 509 g/mol. The van der Waals surface area contributed by atoms with E-state index in [0.717, 1.165) is 47.5 Å². The van der Waals surface area contributed by atoms with E-state index in [1.165, 1.54) is 16.7 Å². The highest BCUT2D eigenvalue weighted by Crippen LogP contribution is 2.47. The Hall–Kier alpha value is -2.00.